The highest BCUT2D eigenvalue weighted by Gasteiger charge is 2.30. The van der Waals surface area contributed by atoms with Gasteiger partial charge < -0.3 is 10.2 Å². The second-order valence-electron chi connectivity index (χ2n) is 7.28. The van der Waals surface area contributed by atoms with Crippen LogP contribution in [0.4, 0.5) is 0 Å². The number of hydrogen-bond donors (Lipinski definition) is 1. The third kappa shape index (κ3) is 4.34. The van der Waals surface area contributed by atoms with Crippen molar-refractivity contribution < 1.29 is 9.59 Å². The normalized spacial score (nSPS) is 15.6. The number of fused-ring (bicyclic) bond motifs is 1. The molecule has 4 rings (SSSR count). The SMILES string of the molecule is Cc1cccc(C(=O)N2Cc3ccnn3C(CC(=O)NCc3ccccn3)C2)c1. The quantitative estimate of drug-likeness (QED) is 0.727. The largest absolute Gasteiger partial charge is 0.350 e. The zero-order valence-electron chi connectivity index (χ0n) is 16.3. The molecule has 29 heavy (non-hydrogen) atoms. The summed E-state index contributed by atoms with van der Waals surface area (Å²) in [5.41, 5.74) is 3.44. The van der Waals surface area contributed by atoms with Crippen molar-refractivity contribution >= 4 is 11.8 Å². The first-order valence-electron chi connectivity index (χ1n) is 9.65. The first-order valence-corrected chi connectivity index (χ1v) is 9.65. The van der Waals surface area contributed by atoms with E-state index in [1.165, 1.54) is 0 Å². The summed E-state index contributed by atoms with van der Waals surface area (Å²) < 4.78 is 1.86. The molecule has 3 heterocycles. The summed E-state index contributed by atoms with van der Waals surface area (Å²) in [6.45, 7) is 3.28. The van der Waals surface area contributed by atoms with Crippen LogP contribution >= 0.6 is 0 Å². The van der Waals surface area contributed by atoms with Gasteiger partial charge in [-0.2, -0.15) is 5.10 Å². The number of hydrogen-bond acceptors (Lipinski definition) is 4. The number of pyridine rings is 1. The van der Waals surface area contributed by atoms with E-state index in [2.05, 4.69) is 15.4 Å². The molecule has 0 aliphatic carbocycles. The number of carbonyl (C=O) groups is 2. The minimum Gasteiger partial charge on any atom is -0.350 e. The van der Waals surface area contributed by atoms with E-state index in [0.29, 0.717) is 25.2 Å². The molecule has 2 aromatic heterocycles. The summed E-state index contributed by atoms with van der Waals surface area (Å²) in [5.74, 6) is -0.119. The van der Waals surface area contributed by atoms with Crippen LogP contribution in [-0.4, -0.2) is 38.0 Å². The minimum atomic E-state index is -0.203. The van der Waals surface area contributed by atoms with Crippen LogP contribution in [0.2, 0.25) is 0 Å². The molecular weight excluding hydrogens is 366 g/mol. The Labute approximate surface area is 169 Å². The fourth-order valence-corrected chi connectivity index (χ4v) is 3.63. The van der Waals surface area contributed by atoms with Crippen molar-refractivity contribution in [1.82, 2.24) is 25.0 Å². The van der Waals surface area contributed by atoms with Crippen molar-refractivity contribution in [2.45, 2.75) is 32.5 Å². The Balaban J connectivity index is 1.45. The van der Waals surface area contributed by atoms with Crippen molar-refractivity contribution in [2.24, 2.45) is 0 Å². The smallest absolute Gasteiger partial charge is 0.254 e. The molecule has 1 N–H and O–H groups in total. The van der Waals surface area contributed by atoms with Crippen molar-refractivity contribution in [2.75, 3.05) is 6.54 Å². The third-order valence-corrected chi connectivity index (χ3v) is 5.05. The number of aromatic nitrogens is 3. The molecule has 7 nitrogen and oxygen atoms in total. The molecule has 0 radical (unpaired) electrons. The Morgan fingerprint density at radius 3 is 2.83 bits per heavy atom. The summed E-state index contributed by atoms with van der Waals surface area (Å²) in [4.78, 5) is 31.5. The van der Waals surface area contributed by atoms with Gasteiger partial charge in [-0.3, -0.25) is 19.3 Å². The molecule has 1 aliphatic rings. The lowest BCUT2D eigenvalue weighted by Gasteiger charge is -2.33. The highest BCUT2D eigenvalue weighted by Crippen LogP contribution is 2.24. The number of benzene rings is 1. The van der Waals surface area contributed by atoms with Gasteiger partial charge in [0.05, 0.1) is 36.9 Å². The van der Waals surface area contributed by atoms with Gasteiger partial charge in [-0.05, 0) is 37.3 Å². The van der Waals surface area contributed by atoms with Gasteiger partial charge in [0.1, 0.15) is 0 Å². The molecule has 148 valence electrons. The predicted octanol–water partition coefficient (Wildman–Crippen LogP) is 2.49. The van der Waals surface area contributed by atoms with Crippen molar-refractivity contribution in [3.63, 3.8) is 0 Å². The maximum Gasteiger partial charge on any atom is 0.254 e. The molecule has 1 aromatic carbocycles. The molecule has 0 saturated heterocycles. The van der Waals surface area contributed by atoms with E-state index in [1.807, 2.05) is 60.1 Å². The fraction of sp³-hybridized carbons (Fsp3) is 0.273. The number of nitrogens with one attached hydrogen (secondary N) is 1. The molecule has 7 heteroatoms. The van der Waals surface area contributed by atoms with Crippen LogP contribution in [0.25, 0.3) is 0 Å². The molecule has 2 amide bonds. The molecule has 1 atom stereocenters. The predicted molar refractivity (Wildman–Crippen MR) is 108 cm³/mol. The van der Waals surface area contributed by atoms with Crippen molar-refractivity contribution in [3.8, 4) is 0 Å². The molecule has 0 saturated carbocycles. The van der Waals surface area contributed by atoms with Crippen molar-refractivity contribution in [3.05, 3.63) is 83.4 Å². The van der Waals surface area contributed by atoms with Crippen LogP contribution in [0.3, 0.4) is 0 Å². The van der Waals surface area contributed by atoms with Gasteiger partial charge in [0, 0.05) is 24.5 Å². The van der Waals surface area contributed by atoms with Crippen molar-refractivity contribution in [1.29, 1.82) is 0 Å². The molecule has 3 aromatic rings. The van der Waals surface area contributed by atoms with Gasteiger partial charge in [-0.25, -0.2) is 0 Å². The van der Waals surface area contributed by atoms with Crippen LogP contribution in [0, 0.1) is 6.92 Å². The van der Waals surface area contributed by atoms with E-state index in [9.17, 15) is 9.59 Å². The van der Waals surface area contributed by atoms with E-state index in [4.69, 9.17) is 0 Å². The Bertz CT molecular complexity index is 1010. The number of amides is 2. The maximum absolute atomic E-state index is 13.0. The zero-order valence-corrected chi connectivity index (χ0v) is 16.3. The van der Waals surface area contributed by atoms with E-state index in [0.717, 1.165) is 17.0 Å². The molecule has 0 spiro atoms. The molecular formula is C22H23N5O2. The highest BCUT2D eigenvalue weighted by atomic mass is 16.2. The van der Waals surface area contributed by atoms with Crippen LogP contribution < -0.4 is 5.32 Å². The highest BCUT2D eigenvalue weighted by molar-refractivity contribution is 5.94. The minimum absolute atomic E-state index is 0.0277. The molecule has 0 bridgehead atoms. The van der Waals surface area contributed by atoms with Gasteiger partial charge in [0.25, 0.3) is 5.91 Å². The van der Waals surface area contributed by atoms with Gasteiger partial charge in [0.2, 0.25) is 5.91 Å². The summed E-state index contributed by atoms with van der Waals surface area (Å²) in [6, 6.07) is 14.9. The van der Waals surface area contributed by atoms with Crippen LogP contribution in [0.5, 0.6) is 0 Å². The first-order chi connectivity index (χ1) is 14.1. The topological polar surface area (TPSA) is 80.1 Å². The molecule has 1 unspecified atom stereocenters. The third-order valence-electron chi connectivity index (χ3n) is 5.05. The lowest BCUT2D eigenvalue weighted by Crippen LogP contribution is -2.43. The fourth-order valence-electron chi connectivity index (χ4n) is 3.63. The lowest BCUT2D eigenvalue weighted by atomic mass is 10.1. The van der Waals surface area contributed by atoms with Crippen LogP contribution in [0.1, 0.15) is 39.8 Å². The van der Waals surface area contributed by atoms with E-state index >= 15 is 0 Å². The number of aryl methyl sites for hydroxylation is 1. The monoisotopic (exact) mass is 389 g/mol. The maximum atomic E-state index is 13.0. The Morgan fingerprint density at radius 2 is 2.03 bits per heavy atom. The number of rotatable bonds is 5. The standard InChI is InChI=1S/C22H23N5O2/c1-16-5-4-6-17(11-16)22(29)26-14-19-8-10-25-27(19)20(15-26)12-21(28)24-13-18-7-2-3-9-23-18/h2-11,20H,12-15H2,1H3,(H,24,28). The van der Waals surface area contributed by atoms with E-state index < -0.39 is 0 Å². The summed E-state index contributed by atoms with van der Waals surface area (Å²) in [7, 11) is 0. The second kappa shape index (κ2) is 8.26. The van der Waals surface area contributed by atoms with E-state index in [1.54, 1.807) is 17.3 Å². The summed E-state index contributed by atoms with van der Waals surface area (Å²) >= 11 is 0. The lowest BCUT2D eigenvalue weighted by molar-refractivity contribution is -0.122. The number of nitrogens with zero attached hydrogens (tertiary/aromatic N) is 4. The van der Waals surface area contributed by atoms with Gasteiger partial charge >= 0.3 is 0 Å². The van der Waals surface area contributed by atoms with Crippen LogP contribution in [0.15, 0.2) is 60.9 Å². The number of carbonyl (C=O) groups excluding carboxylic acids is 2. The van der Waals surface area contributed by atoms with E-state index in [-0.39, 0.29) is 24.3 Å². The van der Waals surface area contributed by atoms with Gasteiger partial charge in [-0.15, -0.1) is 0 Å². The van der Waals surface area contributed by atoms with Gasteiger partial charge in [-0.1, -0.05) is 23.8 Å². The Hall–Kier alpha value is -3.48. The average molecular weight is 389 g/mol. The second-order valence-corrected chi connectivity index (χ2v) is 7.28. The first kappa shape index (κ1) is 18.9. The summed E-state index contributed by atoms with van der Waals surface area (Å²) in [6.07, 6.45) is 3.67. The average Bonchev–Trinajstić information content (AvgIpc) is 3.21. The van der Waals surface area contributed by atoms with Crippen LogP contribution in [-0.2, 0) is 17.9 Å². The molecule has 0 fully saturated rings. The zero-order chi connectivity index (χ0) is 20.2. The summed E-state index contributed by atoms with van der Waals surface area (Å²) in [5, 5.41) is 7.28. The Morgan fingerprint density at radius 1 is 1.14 bits per heavy atom. The Kier molecular flexibility index (Phi) is 5.37. The van der Waals surface area contributed by atoms with Gasteiger partial charge in [0.15, 0.2) is 0 Å². The molecule has 1 aliphatic heterocycles.